The van der Waals surface area contributed by atoms with Crippen molar-refractivity contribution in [2.45, 2.75) is 25.7 Å². The highest BCUT2D eigenvalue weighted by Gasteiger charge is 2.26. The van der Waals surface area contributed by atoms with E-state index < -0.39 is 0 Å². The summed E-state index contributed by atoms with van der Waals surface area (Å²) in [5.74, 6) is 1.30. The molecular weight excluding hydrogens is 280 g/mol. The first-order chi connectivity index (χ1) is 10.8. The summed E-state index contributed by atoms with van der Waals surface area (Å²) in [4.78, 5) is 19.3. The summed E-state index contributed by atoms with van der Waals surface area (Å²) in [6, 6.07) is 1.99. The van der Waals surface area contributed by atoms with E-state index in [1.807, 2.05) is 13.0 Å². The minimum absolute atomic E-state index is 0.391. The Kier molecular flexibility index (Phi) is 3.17. The van der Waals surface area contributed by atoms with Gasteiger partial charge >= 0.3 is 0 Å². The van der Waals surface area contributed by atoms with Crippen LogP contribution in [0.4, 0.5) is 5.82 Å². The molecule has 0 unspecified atom stereocenters. The van der Waals surface area contributed by atoms with Gasteiger partial charge in [-0.05, 0) is 25.8 Å². The third-order valence-corrected chi connectivity index (χ3v) is 4.17. The highest BCUT2D eigenvalue weighted by atomic mass is 16.5. The first-order valence-electron chi connectivity index (χ1n) is 7.41. The van der Waals surface area contributed by atoms with Gasteiger partial charge in [-0.25, -0.2) is 15.0 Å². The van der Waals surface area contributed by atoms with E-state index in [1.54, 1.807) is 12.5 Å². The van der Waals surface area contributed by atoms with Crippen molar-refractivity contribution in [3.8, 4) is 0 Å². The van der Waals surface area contributed by atoms with Crippen molar-refractivity contribution >= 4 is 16.9 Å². The first kappa shape index (κ1) is 13.1. The summed E-state index contributed by atoms with van der Waals surface area (Å²) >= 11 is 0. The highest BCUT2D eigenvalue weighted by Crippen LogP contribution is 2.32. The number of piperidine rings is 1. The van der Waals surface area contributed by atoms with Gasteiger partial charge in [0.15, 0.2) is 0 Å². The van der Waals surface area contributed by atoms with Crippen molar-refractivity contribution in [1.82, 2.24) is 25.1 Å². The molecule has 112 valence electrons. The summed E-state index contributed by atoms with van der Waals surface area (Å²) < 4.78 is 5.24. The summed E-state index contributed by atoms with van der Waals surface area (Å²) in [6.45, 7) is 3.77. The number of anilines is 1. The molecule has 22 heavy (non-hydrogen) atoms. The molecule has 3 aromatic heterocycles. The third kappa shape index (κ3) is 2.18. The Morgan fingerprint density at radius 1 is 1.23 bits per heavy atom. The zero-order valence-corrected chi connectivity index (χ0v) is 12.3. The van der Waals surface area contributed by atoms with E-state index in [-0.39, 0.29) is 0 Å². The van der Waals surface area contributed by atoms with Crippen LogP contribution in [0.1, 0.15) is 30.1 Å². The van der Waals surface area contributed by atoms with E-state index >= 15 is 0 Å². The molecule has 0 bridgehead atoms. The predicted molar refractivity (Wildman–Crippen MR) is 80.6 cm³/mol. The van der Waals surface area contributed by atoms with Gasteiger partial charge in [-0.2, -0.15) is 4.98 Å². The molecule has 4 rings (SSSR count). The van der Waals surface area contributed by atoms with Crippen LogP contribution in [-0.4, -0.2) is 38.2 Å². The SMILES string of the molecule is Cc1noc2ncnc(N3CCC[C@@H](c4ccncn4)C3)c12. The summed E-state index contributed by atoms with van der Waals surface area (Å²) in [7, 11) is 0. The number of hydrogen-bond acceptors (Lipinski definition) is 7. The van der Waals surface area contributed by atoms with Crippen LogP contribution in [0.5, 0.6) is 0 Å². The van der Waals surface area contributed by atoms with Crippen LogP contribution in [0, 0.1) is 6.92 Å². The maximum absolute atomic E-state index is 5.24. The van der Waals surface area contributed by atoms with Crippen molar-refractivity contribution in [3.63, 3.8) is 0 Å². The molecule has 1 saturated heterocycles. The molecule has 0 spiro atoms. The van der Waals surface area contributed by atoms with Crippen LogP contribution in [0.15, 0.2) is 29.4 Å². The molecule has 0 aromatic carbocycles. The molecule has 1 fully saturated rings. The van der Waals surface area contributed by atoms with Gasteiger partial charge in [0.05, 0.1) is 5.69 Å². The predicted octanol–water partition coefficient (Wildman–Crippen LogP) is 2.10. The quantitative estimate of drug-likeness (QED) is 0.716. The lowest BCUT2D eigenvalue weighted by Crippen LogP contribution is -2.35. The molecule has 3 aromatic rings. The summed E-state index contributed by atoms with van der Waals surface area (Å²) in [6.07, 6.45) is 7.18. The van der Waals surface area contributed by atoms with Gasteiger partial charge in [-0.1, -0.05) is 5.16 Å². The maximum atomic E-state index is 5.24. The van der Waals surface area contributed by atoms with E-state index in [1.165, 1.54) is 6.33 Å². The fourth-order valence-corrected chi connectivity index (χ4v) is 3.10. The average molecular weight is 296 g/mol. The van der Waals surface area contributed by atoms with E-state index in [0.29, 0.717) is 11.6 Å². The molecule has 0 amide bonds. The van der Waals surface area contributed by atoms with Crippen molar-refractivity contribution in [2.75, 3.05) is 18.0 Å². The van der Waals surface area contributed by atoms with Crippen LogP contribution in [0.2, 0.25) is 0 Å². The molecule has 1 aliphatic rings. The van der Waals surface area contributed by atoms with Gasteiger partial charge in [0.2, 0.25) is 0 Å². The van der Waals surface area contributed by atoms with Gasteiger partial charge in [0, 0.05) is 30.9 Å². The summed E-state index contributed by atoms with van der Waals surface area (Å²) in [5.41, 5.74) is 2.47. The van der Waals surface area contributed by atoms with Crippen LogP contribution in [0.25, 0.3) is 11.1 Å². The minimum atomic E-state index is 0.391. The highest BCUT2D eigenvalue weighted by molar-refractivity contribution is 5.87. The molecule has 7 heteroatoms. The van der Waals surface area contributed by atoms with E-state index in [0.717, 1.165) is 48.5 Å². The molecule has 0 aliphatic carbocycles. The number of fused-ring (bicyclic) bond motifs is 1. The second-order valence-electron chi connectivity index (χ2n) is 5.56. The Morgan fingerprint density at radius 2 is 2.18 bits per heavy atom. The van der Waals surface area contributed by atoms with Crippen molar-refractivity contribution in [3.05, 3.63) is 36.3 Å². The van der Waals surface area contributed by atoms with Gasteiger partial charge < -0.3 is 9.42 Å². The molecule has 4 heterocycles. The number of aromatic nitrogens is 5. The number of rotatable bonds is 2. The summed E-state index contributed by atoms with van der Waals surface area (Å²) in [5, 5.41) is 4.91. The van der Waals surface area contributed by atoms with Crippen LogP contribution in [0.3, 0.4) is 0 Å². The van der Waals surface area contributed by atoms with Crippen molar-refractivity contribution < 1.29 is 4.52 Å². The zero-order valence-electron chi connectivity index (χ0n) is 12.3. The Balaban J connectivity index is 1.68. The number of nitrogens with zero attached hydrogens (tertiary/aromatic N) is 6. The lowest BCUT2D eigenvalue weighted by Gasteiger charge is -2.33. The number of hydrogen-bond donors (Lipinski definition) is 0. The Morgan fingerprint density at radius 3 is 3.05 bits per heavy atom. The van der Waals surface area contributed by atoms with Gasteiger partial charge in [0.25, 0.3) is 5.71 Å². The molecule has 0 radical (unpaired) electrons. The first-order valence-corrected chi connectivity index (χ1v) is 7.41. The van der Waals surface area contributed by atoms with Gasteiger partial charge in [-0.3, -0.25) is 0 Å². The minimum Gasteiger partial charge on any atom is -0.355 e. The van der Waals surface area contributed by atoms with Gasteiger partial charge in [-0.15, -0.1) is 0 Å². The van der Waals surface area contributed by atoms with Crippen LogP contribution < -0.4 is 4.90 Å². The normalized spacial score (nSPS) is 18.8. The zero-order chi connectivity index (χ0) is 14.9. The van der Waals surface area contributed by atoms with E-state index in [2.05, 4.69) is 30.0 Å². The van der Waals surface area contributed by atoms with Gasteiger partial charge in [0.1, 0.15) is 23.9 Å². The molecule has 7 nitrogen and oxygen atoms in total. The van der Waals surface area contributed by atoms with E-state index in [9.17, 15) is 0 Å². The second kappa shape index (κ2) is 5.32. The molecule has 0 N–H and O–H groups in total. The maximum Gasteiger partial charge on any atom is 0.263 e. The largest absolute Gasteiger partial charge is 0.355 e. The smallest absolute Gasteiger partial charge is 0.263 e. The standard InChI is InChI=1S/C15H16N6O/c1-10-13-14(18-9-19-15(13)22-20-10)21-6-2-3-11(7-21)12-4-5-16-8-17-12/h4-5,8-9,11H,2-3,6-7H2,1H3/t11-/m1/s1. The lowest BCUT2D eigenvalue weighted by atomic mass is 9.94. The Hall–Kier alpha value is -2.57. The average Bonchev–Trinajstić information content (AvgIpc) is 2.97. The second-order valence-corrected chi connectivity index (χ2v) is 5.56. The molecule has 1 atom stereocenters. The van der Waals surface area contributed by atoms with Crippen molar-refractivity contribution in [1.29, 1.82) is 0 Å². The topological polar surface area (TPSA) is 80.8 Å². The Bertz CT molecular complexity index is 787. The lowest BCUT2D eigenvalue weighted by molar-refractivity contribution is 0.442. The fraction of sp³-hybridized carbons (Fsp3) is 0.400. The van der Waals surface area contributed by atoms with Crippen LogP contribution >= 0.6 is 0 Å². The molecular formula is C15H16N6O. The van der Waals surface area contributed by atoms with Crippen LogP contribution in [-0.2, 0) is 0 Å². The molecule has 1 aliphatic heterocycles. The van der Waals surface area contributed by atoms with Crippen molar-refractivity contribution in [2.24, 2.45) is 0 Å². The number of aryl methyl sites for hydroxylation is 1. The van der Waals surface area contributed by atoms with E-state index in [4.69, 9.17) is 4.52 Å². The Labute approximate surface area is 127 Å². The third-order valence-electron chi connectivity index (χ3n) is 4.17. The fourth-order valence-electron chi connectivity index (χ4n) is 3.10. The molecule has 0 saturated carbocycles. The monoisotopic (exact) mass is 296 g/mol.